The number of hydrogen-bond donors (Lipinski definition) is 2. The number of thiophene rings is 1. The Kier molecular flexibility index (Phi) is 7.89. The number of hydrogen-bond acceptors (Lipinski definition) is 7. The van der Waals surface area contributed by atoms with Crippen LogP contribution in [0.5, 0.6) is 5.75 Å². The molecule has 2 rings (SSSR count). The summed E-state index contributed by atoms with van der Waals surface area (Å²) in [5, 5.41) is 5.36. The molecule has 0 aliphatic rings. The smallest absolute Gasteiger partial charge is 0.414 e. The molecule has 0 aliphatic carbocycles. The highest BCUT2D eigenvalue weighted by Crippen LogP contribution is 2.32. The van der Waals surface area contributed by atoms with Crippen molar-refractivity contribution in [3.05, 3.63) is 40.3 Å². The van der Waals surface area contributed by atoms with Crippen LogP contribution in [0.3, 0.4) is 0 Å². The van der Waals surface area contributed by atoms with Crippen LogP contribution in [0.25, 0.3) is 0 Å². The molecule has 9 heteroatoms. The van der Waals surface area contributed by atoms with E-state index >= 15 is 0 Å². The van der Waals surface area contributed by atoms with Crippen LogP contribution in [0.2, 0.25) is 0 Å². The van der Waals surface area contributed by atoms with Crippen molar-refractivity contribution < 1.29 is 23.9 Å². The maximum atomic E-state index is 12.4. The quantitative estimate of drug-likeness (QED) is 0.655. The summed E-state index contributed by atoms with van der Waals surface area (Å²) in [6.07, 6.45) is -0.817. The summed E-state index contributed by atoms with van der Waals surface area (Å²) < 4.78 is 9.85. The fourth-order valence-electron chi connectivity index (χ4n) is 2.29. The van der Waals surface area contributed by atoms with Crippen LogP contribution in [-0.4, -0.2) is 37.4 Å². The van der Waals surface area contributed by atoms with Gasteiger partial charge in [0, 0.05) is 9.77 Å². The lowest BCUT2D eigenvalue weighted by atomic mass is 10.1. The first kappa shape index (κ1) is 21.8. The predicted molar refractivity (Wildman–Crippen MR) is 111 cm³/mol. The van der Waals surface area contributed by atoms with E-state index in [9.17, 15) is 14.4 Å². The van der Waals surface area contributed by atoms with Crippen molar-refractivity contribution in [2.75, 3.05) is 24.8 Å². The monoisotopic (exact) mass is 422 g/mol. The number of aryl methyl sites for hydroxylation is 1. The average molecular weight is 423 g/mol. The van der Waals surface area contributed by atoms with E-state index in [0.717, 1.165) is 15.5 Å². The van der Waals surface area contributed by atoms with Gasteiger partial charge in [0.1, 0.15) is 10.8 Å². The number of carbonyl (C=O) groups excluding carboxylic acids is 3. The van der Waals surface area contributed by atoms with E-state index in [-0.39, 0.29) is 23.8 Å². The first-order valence-electron chi connectivity index (χ1n) is 8.50. The molecule has 0 unspecified atom stereocenters. The van der Waals surface area contributed by atoms with Gasteiger partial charge in [-0.2, -0.15) is 0 Å². The second-order valence-electron chi connectivity index (χ2n) is 5.67. The lowest BCUT2D eigenvalue weighted by Crippen LogP contribution is -2.32. The molecule has 2 aromatic rings. The number of imide groups is 1. The van der Waals surface area contributed by atoms with Crippen LogP contribution >= 0.6 is 23.1 Å². The summed E-state index contributed by atoms with van der Waals surface area (Å²) in [6.45, 7) is 5.43. The maximum absolute atomic E-state index is 12.4. The van der Waals surface area contributed by atoms with E-state index in [4.69, 9.17) is 9.47 Å². The summed E-state index contributed by atoms with van der Waals surface area (Å²) in [7, 11) is 1.59. The third-order valence-electron chi connectivity index (χ3n) is 3.79. The van der Waals surface area contributed by atoms with Crippen molar-refractivity contribution in [3.8, 4) is 5.75 Å². The molecule has 0 saturated heterocycles. The first-order valence-corrected chi connectivity index (χ1v) is 10.3. The van der Waals surface area contributed by atoms with Gasteiger partial charge in [-0.05, 0) is 50.6 Å². The van der Waals surface area contributed by atoms with E-state index in [1.54, 1.807) is 21.0 Å². The Hall–Kier alpha value is -2.52. The maximum Gasteiger partial charge on any atom is 0.414 e. The molecule has 0 saturated carbocycles. The molecule has 3 amide bonds. The number of alkyl carbamates (subject to hydrolysis) is 1. The molecule has 1 aromatic carbocycles. The third kappa shape index (κ3) is 5.74. The number of anilines is 1. The Balaban J connectivity index is 2.04. The van der Waals surface area contributed by atoms with Crippen LogP contribution in [0.1, 0.15) is 27.7 Å². The van der Waals surface area contributed by atoms with Gasteiger partial charge in [0.05, 0.1) is 25.0 Å². The minimum Gasteiger partial charge on any atom is -0.497 e. The number of thioether (sulfide) groups is 1. The van der Waals surface area contributed by atoms with Gasteiger partial charge in [-0.1, -0.05) is 0 Å². The largest absolute Gasteiger partial charge is 0.497 e. The van der Waals surface area contributed by atoms with Gasteiger partial charge in [-0.3, -0.25) is 14.9 Å². The Labute approximate surface area is 171 Å². The number of rotatable bonds is 7. The summed E-state index contributed by atoms with van der Waals surface area (Å²) in [6, 6.07) is 7.39. The van der Waals surface area contributed by atoms with Gasteiger partial charge in [-0.25, -0.2) is 4.79 Å². The number of benzene rings is 1. The molecule has 0 atom stereocenters. The number of ether oxygens (including phenoxy) is 2. The molecule has 0 spiro atoms. The van der Waals surface area contributed by atoms with Crippen molar-refractivity contribution in [2.24, 2.45) is 0 Å². The van der Waals surface area contributed by atoms with Crippen LogP contribution in [-0.2, 0) is 9.53 Å². The lowest BCUT2D eigenvalue weighted by Gasteiger charge is -2.08. The van der Waals surface area contributed by atoms with Crippen LogP contribution < -0.4 is 15.4 Å². The SMILES string of the molecule is CCOC(=O)NC(=O)c1c(NC(=O)CSc2ccc(OC)cc2)sc(C)c1C. The summed E-state index contributed by atoms with van der Waals surface area (Å²) in [4.78, 5) is 38.1. The van der Waals surface area contributed by atoms with Crippen molar-refractivity contribution in [2.45, 2.75) is 25.7 Å². The predicted octanol–water partition coefficient (Wildman–Crippen LogP) is 3.99. The standard InChI is InChI=1S/C19H22N2O5S2/c1-5-26-19(24)21-17(23)16-11(2)12(3)28-18(16)20-15(22)10-27-14-8-6-13(25-4)7-9-14/h6-9H,5,10H2,1-4H3,(H,20,22)(H,21,23,24). The minimum atomic E-state index is -0.817. The van der Waals surface area contributed by atoms with Crippen LogP contribution in [0.4, 0.5) is 9.80 Å². The molecular formula is C19H22N2O5S2. The van der Waals surface area contributed by atoms with Crippen molar-refractivity contribution in [1.82, 2.24) is 5.32 Å². The van der Waals surface area contributed by atoms with Gasteiger partial charge >= 0.3 is 6.09 Å². The normalized spacial score (nSPS) is 10.3. The zero-order valence-corrected chi connectivity index (χ0v) is 17.7. The zero-order chi connectivity index (χ0) is 20.7. The molecule has 0 fully saturated rings. The molecule has 28 heavy (non-hydrogen) atoms. The van der Waals surface area contributed by atoms with E-state index in [1.807, 2.05) is 31.2 Å². The van der Waals surface area contributed by atoms with Crippen molar-refractivity contribution >= 4 is 46.0 Å². The molecule has 0 radical (unpaired) electrons. The first-order chi connectivity index (χ1) is 13.3. The van der Waals surface area contributed by atoms with Crippen LogP contribution in [0, 0.1) is 13.8 Å². The number of carbonyl (C=O) groups is 3. The summed E-state index contributed by atoms with van der Waals surface area (Å²) in [5.74, 6) is 0.0857. The second-order valence-corrected chi connectivity index (χ2v) is 7.95. The van der Waals surface area contributed by atoms with Gasteiger partial charge in [0.15, 0.2) is 0 Å². The topological polar surface area (TPSA) is 93.7 Å². The Bertz CT molecular complexity index is 862. The van der Waals surface area contributed by atoms with Crippen molar-refractivity contribution in [3.63, 3.8) is 0 Å². The number of methoxy groups -OCH3 is 1. The van der Waals surface area contributed by atoms with E-state index in [1.165, 1.54) is 23.1 Å². The molecule has 150 valence electrons. The lowest BCUT2D eigenvalue weighted by molar-refractivity contribution is -0.113. The molecular weight excluding hydrogens is 400 g/mol. The van der Waals surface area contributed by atoms with Crippen molar-refractivity contribution in [1.29, 1.82) is 0 Å². The fraction of sp³-hybridized carbons (Fsp3) is 0.316. The number of nitrogens with one attached hydrogen (secondary N) is 2. The second kappa shape index (κ2) is 10.1. The molecule has 0 bridgehead atoms. The highest BCUT2D eigenvalue weighted by molar-refractivity contribution is 8.00. The average Bonchev–Trinajstić information content (AvgIpc) is 2.94. The molecule has 1 aromatic heterocycles. The van der Waals surface area contributed by atoms with E-state index in [2.05, 4.69) is 10.6 Å². The van der Waals surface area contributed by atoms with Gasteiger partial charge in [0.2, 0.25) is 5.91 Å². The highest BCUT2D eigenvalue weighted by atomic mass is 32.2. The van der Waals surface area contributed by atoms with E-state index < -0.39 is 12.0 Å². The van der Waals surface area contributed by atoms with Gasteiger partial charge in [-0.15, -0.1) is 23.1 Å². The van der Waals surface area contributed by atoms with Crippen LogP contribution in [0.15, 0.2) is 29.2 Å². The Morgan fingerprint density at radius 2 is 1.82 bits per heavy atom. The third-order valence-corrected chi connectivity index (χ3v) is 5.92. The molecule has 7 nitrogen and oxygen atoms in total. The minimum absolute atomic E-state index is 0.160. The molecule has 0 aliphatic heterocycles. The van der Waals surface area contributed by atoms with E-state index in [0.29, 0.717) is 10.6 Å². The molecule has 1 heterocycles. The van der Waals surface area contributed by atoms with Gasteiger partial charge in [0.25, 0.3) is 5.91 Å². The fourth-order valence-corrected chi connectivity index (χ4v) is 4.07. The zero-order valence-electron chi connectivity index (χ0n) is 16.1. The Morgan fingerprint density at radius 3 is 2.43 bits per heavy atom. The summed E-state index contributed by atoms with van der Waals surface area (Å²) >= 11 is 2.67. The highest BCUT2D eigenvalue weighted by Gasteiger charge is 2.23. The number of amides is 3. The molecule has 2 N–H and O–H groups in total. The summed E-state index contributed by atoms with van der Waals surface area (Å²) in [5.41, 5.74) is 0.989. The van der Waals surface area contributed by atoms with Gasteiger partial charge < -0.3 is 14.8 Å². The Morgan fingerprint density at radius 1 is 1.14 bits per heavy atom.